The fourth-order valence-electron chi connectivity index (χ4n) is 4.47. The molecule has 194 valence electrons. The molecule has 37 heavy (non-hydrogen) atoms. The van der Waals surface area contributed by atoms with Crippen LogP contribution in [0, 0.1) is 17.5 Å². The minimum absolute atomic E-state index is 0.116. The predicted molar refractivity (Wildman–Crippen MR) is 132 cm³/mol. The number of benzene rings is 3. The molecule has 3 amide bonds. The Balaban J connectivity index is 1.33. The molecule has 7 nitrogen and oxygen atoms in total. The van der Waals surface area contributed by atoms with E-state index in [0.717, 1.165) is 16.3 Å². The lowest BCUT2D eigenvalue weighted by atomic mass is 9.86. The van der Waals surface area contributed by atoms with Crippen LogP contribution in [0.4, 0.5) is 13.2 Å². The smallest absolute Gasteiger partial charge is 0.252 e. The lowest BCUT2D eigenvalue weighted by Gasteiger charge is -2.37. The van der Waals surface area contributed by atoms with Gasteiger partial charge >= 0.3 is 0 Å². The molecule has 0 aromatic heterocycles. The first-order valence-electron chi connectivity index (χ1n) is 12.0. The zero-order valence-corrected chi connectivity index (χ0v) is 20.0. The summed E-state index contributed by atoms with van der Waals surface area (Å²) in [6.07, 6.45) is 0.667. The second-order valence-electron chi connectivity index (χ2n) is 8.96. The summed E-state index contributed by atoms with van der Waals surface area (Å²) in [6, 6.07) is 14.7. The van der Waals surface area contributed by atoms with Crippen molar-refractivity contribution >= 4 is 28.5 Å². The first kappa shape index (κ1) is 26.2. The van der Waals surface area contributed by atoms with Gasteiger partial charge in [0.05, 0.1) is 6.42 Å². The number of piperidine rings is 1. The van der Waals surface area contributed by atoms with Gasteiger partial charge in [-0.1, -0.05) is 42.5 Å². The molecule has 0 atom stereocenters. The van der Waals surface area contributed by atoms with E-state index in [1.54, 1.807) is 0 Å². The van der Waals surface area contributed by atoms with Gasteiger partial charge < -0.3 is 21.3 Å². The molecule has 4 N–H and O–H groups in total. The van der Waals surface area contributed by atoms with Gasteiger partial charge in [0.1, 0.15) is 5.54 Å². The predicted octanol–water partition coefficient (Wildman–Crippen LogP) is 2.58. The normalized spacial score (nSPS) is 14.7. The molecule has 3 aromatic rings. The molecular formula is C27H27F3N4O3. The third-order valence-corrected chi connectivity index (χ3v) is 6.45. The maximum Gasteiger partial charge on any atom is 0.252 e. The second kappa shape index (κ2) is 11.4. The fourth-order valence-corrected chi connectivity index (χ4v) is 4.47. The van der Waals surface area contributed by atoms with Gasteiger partial charge in [0.15, 0.2) is 17.5 Å². The van der Waals surface area contributed by atoms with Crippen molar-refractivity contribution in [3.8, 4) is 0 Å². The zero-order valence-electron chi connectivity index (χ0n) is 20.0. The number of carbonyl (C=O) groups excluding carboxylic acids is 3. The Morgan fingerprint density at radius 3 is 2.24 bits per heavy atom. The number of fused-ring (bicyclic) bond motifs is 1. The second-order valence-corrected chi connectivity index (χ2v) is 8.96. The van der Waals surface area contributed by atoms with Crippen molar-refractivity contribution in [3.05, 3.63) is 83.2 Å². The number of carbonyl (C=O) groups is 3. The Labute approximate surface area is 211 Å². The molecule has 0 unspecified atom stereocenters. The molecule has 4 rings (SSSR count). The van der Waals surface area contributed by atoms with Crippen LogP contribution in [-0.2, 0) is 16.0 Å². The molecule has 1 aliphatic heterocycles. The van der Waals surface area contributed by atoms with Crippen molar-refractivity contribution in [3.63, 3.8) is 0 Å². The third-order valence-electron chi connectivity index (χ3n) is 6.45. The number of hydrogen-bond acceptors (Lipinski definition) is 4. The van der Waals surface area contributed by atoms with E-state index in [9.17, 15) is 27.6 Å². The number of halogens is 3. The van der Waals surface area contributed by atoms with E-state index >= 15 is 0 Å². The van der Waals surface area contributed by atoms with Crippen LogP contribution in [0.3, 0.4) is 0 Å². The van der Waals surface area contributed by atoms with Crippen LogP contribution in [0.15, 0.2) is 54.6 Å². The van der Waals surface area contributed by atoms with E-state index < -0.39 is 40.4 Å². The van der Waals surface area contributed by atoms with Gasteiger partial charge in [-0.25, -0.2) is 13.2 Å². The first-order valence-corrected chi connectivity index (χ1v) is 12.0. The molecular weight excluding hydrogens is 485 g/mol. The summed E-state index contributed by atoms with van der Waals surface area (Å²) in [5.41, 5.74) is -0.858. The van der Waals surface area contributed by atoms with Crippen molar-refractivity contribution < 1.29 is 27.6 Å². The van der Waals surface area contributed by atoms with Crippen LogP contribution in [-0.4, -0.2) is 49.4 Å². The molecule has 1 aliphatic rings. The molecule has 1 fully saturated rings. The highest BCUT2D eigenvalue weighted by Gasteiger charge is 2.41. The molecule has 3 aromatic carbocycles. The number of hydrogen-bond donors (Lipinski definition) is 4. The highest BCUT2D eigenvalue weighted by atomic mass is 19.2. The Morgan fingerprint density at radius 2 is 1.51 bits per heavy atom. The van der Waals surface area contributed by atoms with Crippen molar-refractivity contribution in [2.45, 2.75) is 24.8 Å². The van der Waals surface area contributed by atoms with E-state index in [1.807, 2.05) is 42.5 Å². The number of nitrogens with one attached hydrogen (secondary N) is 4. The van der Waals surface area contributed by atoms with Crippen molar-refractivity contribution in [2.24, 2.45) is 0 Å². The quantitative estimate of drug-likeness (QED) is 0.276. The largest absolute Gasteiger partial charge is 0.354 e. The minimum atomic E-state index is -1.67. The molecule has 0 aliphatic carbocycles. The third kappa shape index (κ3) is 6.08. The summed E-state index contributed by atoms with van der Waals surface area (Å²) in [4.78, 5) is 38.3. The Morgan fingerprint density at radius 1 is 0.865 bits per heavy atom. The zero-order chi connectivity index (χ0) is 26.4. The summed E-state index contributed by atoms with van der Waals surface area (Å²) in [7, 11) is 0. The van der Waals surface area contributed by atoms with E-state index in [2.05, 4.69) is 21.3 Å². The maximum atomic E-state index is 13.6. The van der Waals surface area contributed by atoms with Crippen molar-refractivity contribution in [2.75, 3.05) is 26.2 Å². The van der Waals surface area contributed by atoms with Gasteiger partial charge in [-0.2, -0.15) is 0 Å². The van der Waals surface area contributed by atoms with Crippen LogP contribution >= 0.6 is 0 Å². The average Bonchev–Trinajstić information content (AvgIpc) is 2.90. The highest BCUT2D eigenvalue weighted by molar-refractivity contribution is 5.99. The minimum Gasteiger partial charge on any atom is -0.354 e. The lowest BCUT2D eigenvalue weighted by Crippen LogP contribution is -2.63. The summed E-state index contributed by atoms with van der Waals surface area (Å²) >= 11 is 0. The van der Waals surface area contributed by atoms with Gasteiger partial charge in [0, 0.05) is 18.7 Å². The molecule has 1 heterocycles. The van der Waals surface area contributed by atoms with E-state index in [-0.39, 0.29) is 38.3 Å². The fraction of sp³-hybridized carbons (Fsp3) is 0.296. The molecule has 1 saturated heterocycles. The molecule has 0 radical (unpaired) electrons. The van der Waals surface area contributed by atoms with Crippen LogP contribution < -0.4 is 21.3 Å². The molecule has 0 saturated carbocycles. The SMILES string of the molecule is O=C(Cc1cccc2ccccc12)NCCNC(=O)C1(NC(=O)c2cc(F)c(F)c(F)c2)CCNCC1. The maximum absolute atomic E-state index is 13.6. The van der Waals surface area contributed by atoms with Gasteiger partial charge in [0.25, 0.3) is 5.91 Å². The molecule has 10 heteroatoms. The number of rotatable bonds is 8. The summed E-state index contributed by atoms with van der Waals surface area (Å²) < 4.78 is 40.5. The summed E-state index contributed by atoms with van der Waals surface area (Å²) in [6.45, 7) is 1.15. The van der Waals surface area contributed by atoms with Gasteiger partial charge in [-0.05, 0) is 54.4 Å². The summed E-state index contributed by atoms with van der Waals surface area (Å²) in [5, 5.41) is 13.2. The standard InChI is InChI=1S/C27H27F3N4O3/c28-21-14-19(15-22(29)24(21)30)25(36)34-27(8-10-31-11-9-27)26(37)33-13-12-32-23(35)16-18-6-3-5-17-4-1-2-7-20(17)18/h1-7,14-15,31H,8-13,16H2,(H,32,35)(H,33,37)(H,34,36). The Kier molecular flexibility index (Phi) is 8.08. The molecule has 0 spiro atoms. The van der Waals surface area contributed by atoms with Crippen LogP contribution in [0.1, 0.15) is 28.8 Å². The Bertz CT molecular complexity index is 1300. The van der Waals surface area contributed by atoms with E-state index in [4.69, 9.17) is 0 Å². The molecule has 0 bridgehead atoms. The van der Waals surface area contributed by atoms with E-state index in [0.29, 0.717) is 25.2 Å². The number of amides is 3. The average molecular weight is 513 g/mol. The van der Waals surface area contributed by atoms with Crippen molar-refractivity contribution in [1.29, 1.82) is 0 Å². The highest BCUT2D eigenvalue weighted by Crippen LogP contribution is 2.21. The Hall–Kier alpha value is -3.92. The van der Waals surface area contributed by atoms with E-state index in [1.165, 1.54) is 0 Å². The topological polar surface area (TPSA) is 99.3 Å². The summed E-state index contributed by atoms with van der Waals surface area (Å²) in [5.74, 6) is -6.22. The lowest BCUT2D eigenvalue weighted by molar-refractivity contribution is -0.128. The monoisotopic (exact) mass is 512 g/mol. The van der Waals surface area contributed by atoms with Gasteiger partial charge in [-0.15, -0.1) is 0 Å². The van der Waals surface area contributed by atoms with Crippen molar-refractivity contribution in [1.82, 2.24) is 21.3 Å². The van der Waals surface area contributed by atoms with Gasteiger partial charge in [0.2, 0.25) is 11.8 Å². The first-order chi connectivity index (χ1) is 17.8. The van der Waals surface area contributed by atoms with Crippen LogP contribution in [0.5, 0.6) is 0 Å². The van der Waals surface area contributed by atoms with Gasteiger partial charge in [-0.3, -0.25) is 14.4 Å². The van der Waals surface area contributed by atoms with Crippen LogP contribution in [0.2, 0.25) is 0 Å². The van der Waals surface area contributed by atoms with Crippen LogP contribution in [0.25, 0.3) is 10.8 Å².